The van der Waals surface area contributed by atoms with Crippen LogP contribution in [0.2, 0.25) is 6.82 Å². The molecule has 3 heteroatoms. The van der Waals surface area contributed by atoms with E-state index in [0.717, 1.165) is 12.1 Å². The molecule has 0 saturated carbocycles. The summed E-state index contributed by atoms with van der Waals surface area (Å²) in [7, 11) is 0. The van der Waals surface area contributed by atoms with Crippen LogP contribution in [0.25, 0.3) is 0 Å². The monoisotopic (exact) mass is 182 g/mol. The first-order valence-electron chi connectivity index (χ1n) is 4.26. The molecule has 0 saturated heterocycles. The second-order valence-electron chi connectivity index (χ2n) is 2.73. The predicted octanol–water partition coefficient (Wildman–Crippen LogP) is 2.93. The highest BCUT2D eigenvalue weighted by Crippen LogP contribution is 2.08. The van der Waals surface area contributed by atoms with Crippen molar-refractivity contribution in [2.75, 3.05) is 0 Å². The van der Waals surface area contributed by atoms with E-state index in [0.29, 0.717) is 0 Å². The van der Waals surface area contributed by atoms with Gasteiger partial charge in [0.05, 0.1) is 0 Å². The molecular formula is C9H17BNS. The third-order valence-electron chi connectivity index (χ3n) is 1.40. The fourth-order valence-corrected chi connectivity index (χ4v) is 1.29. The van der Waals surface area contributed by atoms with Gasteiger partial charge in [0.25, 0.3) is 0 Å². The van der Waals surface area contributed by atoms with E-state index < -0.39 is 0 Å². The molecule has 0 heterocycles. The molecule has 67 valence electrons. The normalized spacial score (nSPS) is 13.2. The molecule has 1 radical (unpaired) electrons. The van der Waals surface area contributed by atoms with Crippen molar-refractivity contribution in [2.45, 2.75) is 33.5 Å². The molecule has 0 atom stereocenters. The van der Waals surface area contributed by atoms with Crippen molar-refractivity contribution in [2.24, 2.45) is 5.73 Å². The lowest BCUT2D eigenvalue weighted by Crippen LogP contribution is -1.93. The van der Waals surface area contributed by atoms with Gasteiger partial charge in [0.15, 0.2) is 6.56 Å². The Morgan fingerprint density at radius 1 is 1.58 bits per heavy atom. The summed E-state index contributed by atoms with van der Waals surface area (Å²) in [6, 6.07) is 0. The zero-order valence-corrected chi connectivity index (χ0v) is 8.95. The molecule has 12 heavy (non-hydrogen) atoms. The summed E-state index contributed by atoms with van der Waals surface area (Å²) in [6.45, 7) is 8.29. The molecule has 0 aliphatic rings. The summed E-state index contributed by atoms with van der Waals surface area (Å²) in [5.74, 6) is 0. The fourth-order valence-electron chi connectivity index (χ4n) is 0.932. The van der Waals surface area contributed by atoms with E-state index in [1.165, 1.54) is 12.0 Å². The number of allylic oxidation sites excluding steroid dienone is 2. The van der Waals surface area contributed by atoms with Gasteiger partial charge in [-0.2, -0.15) is 11.6 Å². The Labute approximate surface area is 80.6 Å². The van der Waals surface area contributed by atoms with Crippen LogP contribution in [0.5, 0.6) is 0 Å². The topological polar surface area (TPSA) is 26.0 Å². The Morgan fingerprint density at radius 3 is 2.75 bits per heavy atom. The number of rotatable bonds is 5. The van der Waals surface area contributed by atoms with Crippen LogP contribution in [-0.4, -0.2) is 6.56 Å². The summed E-state index contributed by atoms with van der Waals surface area (Å²) in [4.78, 5) is 0. The van der Waals surface area contributed by atoms with Crippen molar-refractivity contribution >= 4 is 18.2 Å². The van der Waals surface area contributed by atoms with Crippen molar-refractivity contribution in [3.05, 3.63) is 22.8 Å². The molecular weight excluding hydrogens is 165 g/mol. The molecule has 0 rings (SSSR count). The van der Waals surface area contributed by atoms with Crippen LogP contribution >= 0.6 is 11.6 Å². The molecule has 0 spiro atoms. The van der Waals surface area contributed by atoms with E-state index >= 15 is 0 Å². The second kappa shape index (κ2) is 7.35. The Morgan fingerprint density at radius 2 is 2.25 bits per heavy atom. The molecule has 0 aromatic heterocycles. The van der Waals surface area contributed by atoms with Gasteiger partial charge < -0.3 is 5.73 Å². The smallest absolute Gasteiger partial charge is 0.194 e. The summed E-state index contributed by atoms with van der Waals surface area (Å²) in [5.41, 5.74) is 7.94. The Hall–Kier alpha value is -0.305. The van der Waals surface area contributed by atoms with E-state index in [2.05, 4.69) is 13.8 Å². The van der Waals surface area contributed by atoms with Crippen LogP contribution in [0.15, 0.2) is 22.8 Å². The molecule has 1 nitrogen and oxygen atoms in total. The molecule has 0 amide bonds. The minimum atomic E-state index is 0.851. The van der Waals surface area contributed by atoms with Crippen molar-refractivity contribution in [1.29, 1.82) is 0 Å². The lowest BCUT2D eigenvalue weighted by Gasteiger charge is -1.98. The summed E-state index contributed by atoms with van der Waals surface area (Å²) in [6.07, 6.45) is 4.36. The minimum Gasteiger partial charge on any atom is -0.398 e. The SMILES string of the molecule is C[B]S/C=C(N)/C=C(\C)CCC. The molecule has 0 aromatic carbocycles. The highest BCUT2D eigenvalue weighted by atomic mass is 32.2. The van der Waals surface area contributed by atoms with Gasteiger partial charge in [-0.1, -0.05) is 25.7 Å². The van der Waals surface area contributed by atoms with Gasteiger partial charge in [-0.05, 0) is 24.8 Å². The third kappa shape index (κ3) is 6.41. The molecule has 0 bridgehead atoms. The third-order valence-corrected chi connectivity index (χ3v) is 2.08. The van der Waals surface area contributed by atoms with E-state index in [9.17, 15) is 0 Å². The zero-order valence-electron chi connectivity index (χ0n) is 8.13. The highest BCUT2D eigenvalue weighted by molar-refractivity contribution is 8.24. The number of hydrogen-bond acceptors (Lipinski definition) is 2. The Bertz CT molecular complexity index is 175. The maximum absolute atomic E-state index is 5.73. The van der Waals surface area contributed by atoms with E-state index in [4.69, 9.17) is 5.73 Å². The van der Waals surface area contributed by atoms with Gasteiger partial charge >= 0.3 is 0 Å². The van der Waals surface area contributed by atoms with Crippen LogP contribution in [0.4, 0.5) is 0 Å². The van der Waals surface area contributed by atoms with Crippen molar-refractivity contribution in [3.8, 4) is 0 Å². The number of nitrogens with two attached hydrogens (primary N) is 1. The van der Waals surface area contributed by atoms with Gasteiger partial charge in [-0.3, -0.25) is 0 Å². The van der Waals surface area contributed by atoms with Gasteiger partial charge in [0.1, 0.15) is 0 Å². The van der Waals surface area contributed by atoms with E-state index in [-0.39, 0.29) is 0 Å². The molecule has 0 aliphatic carbocycles. The second-order valence-corrected chi connectivity index (χ2v) is 3.71. The Kier molecular flexibility index (Phi) is 7.16. The lowest BCUT2D eigenvalue weighted by atomic mass is 10.1. The fraction of sp³-hybridized carbons (Fsp3) is 0.556. The van der Waals surface area contributed by atoms with Crippen molar-refractivity contribution < 1.29 is 0 Å². The first-order valence-corrected chi connectivity index (χ1v) is 5.21. The summed E-state index contributed by atoms with van der Waals surface area (Å²) < 4.78 is 0. The van der Waals surface area contributed by atoms with E-state index in [1.807, 2.05) is 24.9 Å². The van der Waals surface area contributed by atoms with Gasteiger partial charge in [0, 0.05) is 5.70 Å². The average Bonchev–Trinajstić information content (AvgIpc) is 2.01. The van der Waals surface area contributed by atoms with Crippen molar-refractivity contribution in [1.82, 2.24) is 0 Å². The largest absolute Gasteiger partial charge is 0.398 e. The molecule has 0 aromatic rings. The van der Waals surface area contributed by atoms with Gasteiger partial charge in [-0.15, -0.1) is 0 Å². The maximum atomic E-state index is 5.73. The average molecular weight is 182 g/mol. The Balaban J connectivity index is 3.93. The first kappa shape index (κ1) is 11.7. The minimum absolute atomic E-state index is 0.851. The molecule has 0 aliphatic heterocycles. The van der Waals surface area contributed by atoms with Gasteiger partial charge in [0.2, 0.25) is 0 Å². The quantitative estimate of drug-likeness (QED) is 0.522. The lowest BCUT2D eigenvalue weighted by molar-refractivity contribution is 0.903. The zero-order chi connectivity index (χ0) is 9.40. The standard InChI is InChI=1S/C9H17BNS/c1-4-5-8(2)6-9(11)7-12-10-3/h6-7H,4-5,11H2,1-3H3/b8-6+,9-7-. The van der Waals surface area contributed by atoms with Crippen LogP contribution in [0.3, 0.4) is 0 Å². The first-order chi connectivity index (χ1) is 5.70. The van der Waals surface area contributed by atoms with Crippen LogP contribution in [0.1, 0.15) is 26.7 Å². The van der Waals surface area contributed by atoms with Crippen LogP contribution in [0, 0.1) is 0 Å². The summed E-state index contributed by atoms with van der Waals surface area (Å²) in [5, 5.41) is 1.96. The van der Waals surface area contributed by atoms with E-state index in [1.54, 1.807) is 11.6 Å². The summed E-state index contributed by atoms with van der Waals surface area (Å²) >= 11 is 1.62. The van der Waals surface area contributed by atoms with Crippen LogP contribution < -0.4 is 5.73 Å². The maximum Gasteiger partial charge on any atom is 0.194 e. The molecule has 2 N–H and O–H groups in total. The van der Waals surface area contributed by atoms with Gasteiger partial charge in [-0.25, -0.2) is 0 Å². The van der Waals surface area contributed by atoms with Crippen molar-refractivity contribution in [3.63, 3.8) is 0 Å². The predicted molar refractivity (Wildman–Crippen MR) is 60.1 cm³/mol. The number of hydrogen-bond donors (Lipinski definition) is 1. The molecule has 0 fully saturated rings. The molecule has 0 unspecified atom stereocenters. The van der Waals surface area contributed by atoms with Crippen LogP contribution in [-0.2, 0) is 0 Å². The highest BCUT2D eigenvalue weighted by Gasteiger charge is 1.88.